The van der Waals surface area contributed by atoms with E-state index in [2.05, 4.69) is 20.7 Å². The van der Waals surface area contributed by atoms with Gasteiger partial charge in [0.1, 0.15) is 5.56 Å². The Morgan fingerprint density at radius 2 is 2.10 bits per heavy atom. The third-order valence-corrected chi connectivity index (χ3v) is 3.42. The molecule has 114 valence electrons. The molecule has 0 aromatic carbocycles. The van der Waals surface area contributed by atoms with Gasteiger partial charge in [-0.25, -0.2) is 9.50 Å². The van der Waals surface area contributed by atoms with Crippen LogP contribution in [0.3, 0.4) is 0 Å². The molecule has 2 aromatic heterocycles. The monoisotopic (exact) mass is 289 g/mol. The number of carbonyl (C=O) groups excluding carboxylic acids is 1. The third-order valence-electron chi connectivity index (χ3n) is 3.42. The van der Waals surface area contributed by atoms with E-state index in [1.54, 1.807) is 4.52 Å². The molecule has 2 aromatic rings. The van der Waals surface area contributed by atoms with E-state index in [0.29, 0.717) is 23.4 Å². The van der Waals surface area contributed by atoms with Crippen LogP contribution in [0.1, 0.15) is 41.3 Å². The summed E-state index contributed by atoms with van der Waals surface area (Å²) in [4.78, 5) is 16.9. The van der Waals surface area contributed by atoms with E-state index in [1.807, 2.05) is 40.7 Å². The number of amides is 1. The lowest BCUT2D eigenvalue weighted by molar-refractivity contribution is 0.0951. The largest absolute Gasteiger partial charge is 0.350 e. The van der Waals surface area contributed by atoms with Crippen molar-refractivity contribution >= 4 is 11.6 Å². The normalized spacial score (nSPS) is 12.6. The average molecular weight is 289 g/mol. The molecule has 0 spiro atoms. The first-order valence-corrected chi connectivity index (χ1v) is 7.29. The maximum absolute atomic E-state index is 12.4. The summed E-state index contributed by atoms with van der Waals surface area (Å²) in [7, 11) is 0. The highest BCUT2D eigenvalue weighted by Crippen LogP contribution is 2.15. The number of hydrogen-bond donors (Lipinski definition) is 2. The van der Waals surface area contributed by atoms with Crippen LogP contribution in [-0.2, 0) is 0 Å². The van der Waals surface area contributed by atoms with Crippen molar-refractivity contribution in [1.29, 1.82) is 0 Å². The molecule has 0 aliphatic carbocycles. The van der Waals surface area contributed by atoms with Gasteiger partial charge in [0.05, 0.1) is 5.69 Å². The fourth-order valence-corrected chi connectivity index (χ4v) is 2.45. The van der Waals surface area contributed by atoms with E-state index in [9.17, 15) is 4.79 Å². The first kappa shape index (κ1) is 15.4. The number of likely N-dealkylation sites (N-methyl/N-ethyl adjacent to an activating group) is 1. The van der Waals surface area contributed by atoms with Crippen LogP contribution in [0.5, 0.6) is 0 Å². The molecular formula is C15H23N5O. The fraction of sp³-hybridized carbons (Fsp3) is 0.533. The number of nitrogens with one attached hydrogen (secondary N) is 2. The van der Waals surface area contributed by atoms with Crippen LogP contribution in [-0.4, -0.2) is 39.6 Å². The van der Waals surface area contributed by atoms with Crippen molar-refractivity contribution in [2.24, 2.45) is 0 Å². The molecule has 0 bridgehead atoms. The summed E-state index contributed by atoms with van der Waals surface area (Å²) in [6, 6.07) is 2.19. The van der Waals surface area contributed by atoms with E-state index in [1.165, 1.54) is 0 Å². The molecule has 1 atom stereocenters. The van der Waals surface area contributed by atoms with E-state index >= 15 is 0 Å². The van der Waals surface area contributed by atoms with E-state index in [4.69, 9.17) is 0 Å². The summed E-state index contributed by atoms with van der Waals surface area (Å²) < 4.78 is 1.73. The molecule has 0 saturated carbocycles. The lowest BCUT2D eigenvalue weighted by atomic mass is 10.2. The summed E-state index contributed by atoms with van der Waals surface area (Å²) in [6.45, 7) is 11.3. The SMILES string of the molecule is CCN[C@H](C)CNC(=O)c1c(C)nn2c(C)cc(C)nc12. The van der Waals surface area contributed by atoms with Crippen molar-refractivity contribution in [1.82, 2.24) is 25.2 Å². The van der Waals surface area contributed by atoms with E-state index in [0.717, 1.165) is 17.9 Å². The van der Waals surface area contributed by atoms with Crippen LogP contribution in [0.25, 0.3) is 5.65 Å². The minimum Gasteiger partial charge on any atom is -0.350 e. The summed E-state index contributed by atoms with van der Waals surface area (Å²) in [6.07, 6.45) is 0. The van der Waals surface area contributed by atoms with E-state index < -0.39 is 0 Å². The van der Waals surface area contributed by atoms with Crippen LogP contribution in [0.2, 0.25) is 0 Å². The quantitative estimate of drug-likeness (QED) is 0.872. The summed E-state index contributed by atoms with van der Waals surface area (Å²) in [5, 5.41) is 10.6. The number of rotatable bonds is 5. The molecule has 1 amide bonds. The highest BCUT2D eigenvalue weighted by Gasteiger charge is 2.19. The van der Waals surface area contributed by atoms with Crippen molar-refractivity contribution in [3.63, 3.8) is 0 Å². The minimum absolute atomic E-state index is 0.121. The minimum atomic E-state index is -0.121. The Balaban J connectivity index is 2.29. The zero-order valence-electron chi connectivity index (χ0n) is 13.3. The molecule has 0 unspecified atom stereocenters. The Bertz CT molecular complexity index is 662. The molecule has 0 aliphatic rings. The van der Waals surface area contributed by atoms with Gasteiger partial charge in [0.15, 0.2) is 5.65 Å². The highest BCUT2D eigenvalue weighted by atomic mass is 16.1. The van der Waals surface area contributed by atoms with Crippen LogP contribution in [0.4, 0.5) is 0 Å². The lowest BCUT2D eigenvalue weighted by Crippen LogP contribution is -2.39. The molecule has 2 rings (SSSR count). The van der Waals surface area contributed by atoms with Crippen molar-refractivity contribution in [3.05, 3.63) is 28.7 Å². The fourth-order valence-electron chi connectivity index (χ4n) is 2.45. The highest BCUT2D eigenvalue weighted by molar-refractivity contribution is 6.01. The summed E-state index contributed by atoms with van der Waals surface area (Å²) in [5.41, 5.74) is 3.74. The van der Waals surface area contributed by atoms with Gasteiger partial charge in [0.25, 0.3) is 5.91 Å². The van der Waals surface area contributed by atoms with Crippen LogP contribution in [0, 0.1) is 20.8 Å². The smallest absolute Gasteiger partial charge is 0.257 e. The molecule has 2 heterocycles. The van der Waals surface area contributed by atoms with Crippen LogP contribution in [0.15, 0.2) is 6.07 Å². The van der Waals surface area contributed by atoms with Gasteiger partial charge in [-0.05, 0) is 40.3 Å². The Labute approximate surface area is 125 Å². The average Bonchev–Trinajstić information content (AvgIpc) is 2.73. The Hall–Kier alpha value is -1.95. The van der Waals surface area contributed by atoms with E-state index in [-0.39, 0.29) is 11.9 Å². The number of fused-ring (bicyclic) bond motifs is 1. The van der Waals surface area contributed by atoms with Gasteiger partial charge in [-0.3, -0.25) is 4.79 Å². The zero-order valence-corrected chi connectivity index (χ0v) is 13.3. The van der Waals surface area contributed by atoms with Gasteiger partial charge in [0, 0.05) is 24.0 Å². The number of nitrogens with zero attached hydrogens (tertiary/aromatic N) is 3. The number of aromatic nitrogens is 3. The number of carbonyl (C=O) groups is 1. The van der Waals surface area contributed by atoms with Gasteiger partial charge in [0.2, 0.25) is 0 Å². The first-order chi connectivity index (χ1) is 9.93. The Morgan fingerprint density at radius 3 is 2.76 bits per heavy atom. The molecule has 0 fully saturated rings. The summed E-state index contributed by atoms with van der Waals surface area (Å²) in [5.74, 6) is -0.121. The second-order valence-corrected chi connectivity index (χ2v) is 5.40. The second-order valence-electron chi connectivity index (χ2n) is 5.40. The first-order valence-electron chi connectivity index (χ1n) is 7.29. The second kappa shape index (κ2) is 6.22. The predicted molar refractivity (Wildman–Crippen MR) is 82.7 cm³/mol. The molecule has 0 saturated heterocycles. The maximum Gasteiger partial charge on any atom is 0.257 e. The molecule has 2 N–H and O–H groups in total. The van der Waals surface area contributed by atoms with Gasteiger partial charge in [-0.2, -0.15) is 5.10 Å². The van der Waals surface area contributed by atoms with Crippen LogP contribution >= 0.6 is 0 Å². The van der Waals surface area contributed by atoms with Gasteiger partial charge >= 0.3 is 0 Å². The number of hydrogen-bond acceptors (Lipinski definition) is 4. The Morgan fingerprint density at radius 1 is 1.38 bits per heavy atom. The zero-order chi connectivity index (χ0) is 15.6. The van der Waals surface area contributed by atoms with Crippen molar-refractivity contribution in [2.45, 2.75) is 40.7 Å². The van der Waals surface area contributed by atoms with Crippen molar-refractivity contribution in [2.75, 3.05) is 13.1 Å². The lowest BCUT2D eigenvalue weighted by Gasteiger charge is -2.13. The Kier molecular flexibility index (Phi) is 4.57. The molecule has 6 nitrogen and oxygen atoms in total. The standard InChI is InChI=1S/C15H23N5O/c1-6-16-10(3)8-17-15(21)13-12(5)19-20-11(4)7-9(2)18-14(13)20/h7,10,16H,6,8H2,1-5H3,(H,17,21)/t10-/m1/s1. The molecule has 6 heteroatoms. The topological polar surface area (TPSA) is 71.3 Å². The molecule has 0 radical (unpaired) electrons. The van der Waals surface area contributed by atoms with Crippen molar-refractivity contribution < 1.29 is 4.79 Å². The summed E-state index contributed by atoms with van der Waals surface area (Å²) >= 11 is 0. The van der Waals surface area contributed by atoms with Gasteiger partial charge < -0.3 is 10.6 Å². The third kappa shape index (κ3) is 3.21. The molecule has 21 heavy (non-hydrogen) atoms. The van der Waals surface area contributed by atoms with Gasteiger partial charge in [-0.1, -0.05) is 6.92 Å². The maximum atomic E-state index is 12.4. The molecule has 0 aliphatic heterocycles. The van der Waals surface area contributed by atoms with Gasteiger partial charge in [-0.15, -0.1) is 0 Å². The number of aryl methyl sites for hydroxylation is 3. The molecular weight excluding hydrogens is 266 g/mol. The van der Waals surface area contributed by atoms with Crippen molar-refractivity contribution in [3.8, 4) is 0 Å². The predicted octanol–water partition coefficient (Wildman–Crippen LogP) is 1.38. The van der Waals surface area contributed by atoms with Crippen LogP contribution < -0.4 is 10.6 Å².